The Bertz CT molecular complexity index is 652. The summed E-state index contributed by atoms with van der Waals surface area (Å²) in [6.07, 6.45) is 0.751. The number of methoxy groups -OCH3 is 2. The van der Waals surface area contributed by atoms with Crippen LogP contribution in [-0.2, 0) is 11.2 Å². The molecule has 22 heavy (non-hydrogen) atoms. The second kappa shape index (κ2) is 7.18. The minimum atomic E-state index is -0.950. The zero-order valence-electron chi connectivity index (χ0n) is 12.3. The topological polar surface area (TPSA) is 91.9 Å². The van der Waals surface area contributed by atoms with Gasteiger partial charge in [0.15, 0.2) is 11.5 Å². The second-order valence-corrected chi connectivity index (χ2v) is 5.69. The average Bonchev–Trinajstić information content (AvgIpc) is 2.53. The number of nitriles is 1. The molecule has 0 spiro atoms. The van der Waals surface area contributed by atoms with E-state index in [2.05, 4.69) is 11.1 Å². The third kappa shape index (κ3) is 3.34. The summed E-state index contributed by atoms with van der Waals surface area (Å²) in [7, 11) is 3.12. The predicted molar refractivity (Wildman–Crippen MR) is 84.1 cm³/mol. The van der Waals surface area contributed by atoms with Crippen molar-refractivity contribution in [3.05, 3.63) is 23.3 Å². The van der Waals surface area contributed by atoms with Gasteiger partial charge in [-0.2, -0.15) is 5.26 Å². The maximum Gasteiger partial charge on any atom is 0.313 e. The third-order valence-electron chi connectivity index (χ3n) is 3.29. The first-order valence-electron chi connectivity index (χ1n) is 6.63. The lowest BCUT2D eigenvalue weighted by Crippen LogP contribution is -2.24. The van der Waals surface area contributed by atoms with Crippen LogP contribution in [0.15, 0.2) is 17.1 Å². The number of thioether (sulfide) groups is 1. The Kier molecular flexibility index (Phi) is 5.28. The molecule has 1 heterocycles. The molecule has 1 aliphatic rings. The number of hydrogen-bond acceptors (Lipinski definition) is 6. The highest BCUT2D eigenvalue weighted by Gasteiger charge is 2.25. The van der Waals surface area contributed by atoms with E-state index in [1.54, 1.807) is 20.3 Å². The van der Waals surface area contributed by atoms with E-state index in [0.29, 0.717) is 23.8 Å². The third-order valence-corrected chi connectivity index (χ3v) is 4.36. The van der Waals surface area contributed by atoms with Gasteiger partial charge in [0.1, 0.15) is 5.25 Å². The highest BCUT2D eigenvalue weighted by Crippen LogP contribution is 2.34. The fourth-order valence-electron chi connectivity index (χ4n) is 2.30. The predicted octanol–water partition coefficient (Wildman–Crippen LogP) is 1.76. The minimum Gasteiger partial charge on any atom is -0.493 e. The smallest absolute Gasteiger partial charge is 0.313 e. The van der Waals surface area contributed by atoms with E-state index >= 15 is 0 Å². The van der Waals surface area contributed by atoms with Crippen molar-refractivity contribution in [1.82, 2.24) is 0 Å². The van der Waals surface area contributed by atoms with Crippen molar-refractivity contribution in [1.29, 1.82) is 5.26 Å². The number of ether oxygens (including phenoxy) is 2. The molecule has 2 rings (SSSR count). The molecule has 0 aromatic heterocycles. The summed E-state index contributed by atoms with van der Waals surface area (Å²) in [4.78, 5) is 15.2. The first-order valence-corrected chi connectivity index (χ1v) is 7.68. The van der Waals surface area contributed by atoms with E-state index in [4.69, 9.17) is 14.6 Å². The lowest BCUT2D eigenvalue weighted by molar-refractivity contribution is -0.133. The van der Waals surface area contributed by atoms with E-state index in [-0.39, 0.29) is 5.75 Å². The highest BCUT2D eigenvalue weighted by molar-refractivity contribution is 8.01. The van der Waals surface area contributed by atoms with Crippen molar-refractivity contribution in [3.8, 4) is 17.6 Å². The van der Waals surface area contributed by atoms with Crippen LogP contribution in [0.1, 0.15) is 11.1 Å². The van der Waals surface area contributed by atoms with Gasteiger partial charge in [-0.3, -0.25) is 9.79 Å². The zero-order valence-corrected chi connectivity index (χ0v) is 13.1. The monoisotopic (exact) mass is 320 g/mol. The van der Waals surface area contributed by atoms with Gasteiger partial charge in [-0.15, -0.1) is 11.8 Å². The molecule has 0 saturated heterocycles. The van der Waals surface area contributed by atoms with Crippen LogP contribution >= 0.6 is 11.8 Å². The molecule has 0 fully saturated rings. The second-order valence-electron chi connectivity index (χ2n) is 4.60. The lowest BCUT2D eigenvalue weighted by Gasteiger charge is -2.21. The van der Waals surface area contributed by atoms with E-state index in [1.807, 2.05) is 6.07 Å². The molecule has 6 nitrogen and oxygen atoms in total. The summed E-state index contributed by atoms with van der Waals surface area (Å²) in [5.41, 5.74) is 2.46. The van der Waals surface area contributed by atoms with Crippen molar-refractivity contribution in [2.75, 3.05) is 26.5 Å². The van der Waals surface area contributed by atoms with Gasteiger partial charge >= 0.3 is 5.97 Å². The number of rotatable bonds is 6. The Morgan fingerprint density at radius 3 is 2.73 bits per heavy atom. The van der Waals surface area contributed by atoms with Crippen LogP contribution in [-0.4, -0.2) is 48.6 Å². The van der Waals surface area contributed by atoms with Gasteiger partial charge in [-0.1, -0.05) is 0 Å². The Morgan fingerprint density at radius 2 is 2.14 bits per heavy atom. The number of fused-ring (bicyclic) bond motifs is 1. The van der Waals surface area contributed by atoms with Crippen LogP contribution in [0.5, 0.6) is 11.5 Å². The lowest BCUT2D eigenvalue weighted by atomic mass is 9.95. The normalized spacial score (nSPS) is 14.3. The van der Waals surface area contributed by atoms with E-state index < -0.39 is 11.2 Å². The molecule has 7 heteroatoms. The van der Waals surface area contributed by atoms with E-state index in [9.17, 15) is 10.1 Å². The number of benzene rings is 1. The molecule has 1 aromatic carbocycles. The summed E-state index contributed by atoms with van der Waals surface area (Å²) in [6, 6.07) is 5.82. The number of carboxylic acid groups (broad SMARTS) is 1. The van der Waals surface area contributed by atoms with Crippen LogP contribution in [0, 0.1) is 11.3 Å². The fraction of sp³-hybridized carbons (Fsp3) is 0.400. The van der Waals surface area contributed by atoms with Gasteiger partial charge in [0.2, 0.25) is 0 Å². The summed E-state index contributed by atoms with van der Waals surface area (Å²) >= 11 is 1.06. The molecule has 1 aliphatic heterocycles. The number of aliphatic imine (C=N–C) groups is 1. The van der Waals surface area contributed by atoms with Crippen molar-refractivity contribution in [2.24, 2.45) is 4.99 Å². The maximum absolute atomic E-state index is 10.7. The number of aliphatic carboxylic acids is 1. The van der Waals surface area contributed by atoms with E-state index in [0.717, 1.165) is 29.3 Å². The van der Waals surface area contributed by atoms with Crippen LogP contribution in [0.25, 0.3) is 0 Å². The number of carbonyl (C=O) groups is 1. The Hall–Kier alpha value is -2.20. The van der Waals surface area contributed by atoms with Gasteiger partial charge in [-0.05, 0) is 24.1 Å². The molecule has 1 N–H and O–H groups in total. The standard InChI is InChI=1S/C15H16N2O4S/c1-20-11-5-9-3-4-17-15(10(9)6-12(11)21-2)13(7-16)22-8-14(18)19/h5-6,13H,3-4,8H2,1-2H3,(H,18,19). The SMILES string of the molecule is COc1cc2c(cc1OC)C(C(C#N)SCC(=O)O)=NCC2. The molecule has 1 unspecified atom stereocenters. The molecule has 116 valence electrons. The summed E-state index contributed by atoms with van der Waals surface area (Å²) in [5, 5.41) is 17.5. The molecule has 1 atom stereocenters. The van der Waals surface area contributed by atoms with Crippen LogP contribution < -0.4 is 9.47 Å². The summed E-state index contributed by atoms with van der Waals surface area (Å²) < 4.78 is 10.6. The Labute approximate surface area is 132 Å². The fourth-order valence-corrected chi connectivity index (χ4v) is 3.05. The molecular weight excluding hydrogens is 304 g/mol. The Balaban J connectivity index is 2.38. The summed E-state index contributed by atoms with van der Waals surface area (Å²) in [6.45, 7) is 0.573. The van der Waals surface area contributed by atoms with Crippen LogP contribution in [0.3, 0.4) is 0 Å². The molecule has 0 radical (unpaired) electrons. The molecule has 0 bridgehead atoms. The zero-order chi connectivity index (χ0) is 16.1. The maximum atomic E-state index is 10.7. The molecule has 0 saturated carbocycles. The minimum absolute atomic E-state index is 0.139. The number of hydrogen-bond donors (Lipinski definition) is 1. The largest absolute Gasteiger partial charge is 0.493 e. The number of carboxylic acids is 1. The van der Waals surface area contributed by atoms with Crippen LogP contribution in [0.4, 0.5) is 0 Å². The van der Waals surface area contributed by atoms with Gasteiger partial charge < -0.3 is 14.6 Å². The molecule has 0 aliphatic carbocycles. The average molecular weight is 320 g/mol. The van der Waals surface area contributed by atoms with Crippen molar-refractivity contribution in [3.63, 3.8) is 0 Å². The molecule has 0 amide bonds. The van der Waals surface area contributed by atoms with E-state index in [1.165, 1.54) is 0 Å². The quantitative estimate of drug-likeness (QED) is 0.858. The van der Waals surface area contributed by atoms with Crippen molar-refractivity contribution >= 4 is 23.4 Å². The Morgan fingerprint density at radius 1 is 1.45 bits per heavy atom. The number of nitrogens with zero attached hydrogens (tertiary/aromatic N) is 2. The van der Waals surface area contributed by atoms with Gasteiger partial charge in [0.25, 0.3) is 0 Å². The molecule has 1 aromatic rings. The van der Waals surface area contributed by atoms with Crippen molar-refractivity contribution in [2.45, 2.75) is 11.7 Å². The molecular formula is C15H16N2O4S. The first-order chi connectivity index (χ1) is 10.6. The highest BCUT2D eigenvalue weighted by atomic mass is 32.2. The van der Waals surface area contributed by atoms with Gasteiger partial charge in [0.05, 0.1) is 31.8 Å². The van der Waals surface area contributed by atoms with Gasteiger partial charge in [0, 0.05) is 12.1 Å². The van der Waals surface area contributed by atoms with Gasteiger partial charge in [-0.25, -0.2) is 0 Å². The first kappa shape index (κ1) is 16.2. The van der Waals surface area contributed by atoms with Crippen LogP contribution in [0.2, 0.25) is 0 Å². The van der Waals surface area contributed by atoms with Crippen molar-refractivity contribution < 1.29 is 19.4 Å². The summed E-state index contributed by atoms with van der Waals surface area (Å²) in [5.74, 6) is 0.110.